The van der Waals surface area contributed by atoms with Crippen molar-refractivity contribution >= 4 is 28.8 Å². The van der Waals surface area contributed by atoms with Gasteiger partial charge in [0.15, 0.2) is 11.5 Å². The van der Waals surface area contributed by atoms with Gasteiger partial charge in [0.25, 0.3) is 11.8 Å². The van der Waals surface area contributed by atoms with Crippen molar-refractivity contribution in [3.63, 3.8) is 0 Å². The molecular formula is C19H17N5O3S. The Balaban J connectivity index is 1.22. The number of hydrogen-bond donors (Lipinski definition) is 2. The molecule has 28 heavy (non-hydrogen) atoms. The molecule has 9 heteroatoms. The van der Waals surface area contributed by atoms with E-state index in [0.29, 0.717) is 31.0 Å². The van der Waals surface area contributed by atoms with Crippen molar-refractivity contribution in [3.05, 3.63) is 65.6 Å². The highest BCUT2D eigenvalue weighted by Crippen LogP contribution is 2.24. The lowest BCUT2D eigenvalue weighted by Gasteiger charge is -2.06. The third kappa shape index (κ3) is 3.79. The normalized spacial score (nSPS) is 10.9. The Hall–Kier alpha value is -3.46. The zero-order valence-electron chi connectivity index (χ0n) is 14.8. The minimum absolute atomic E-state index is 0.206. The van der Waals surface area contributed by atoms with Crippen LogP contribution in [0.15, 0.2) is 58.7 Å². The van der Waals surface area contributed by atoms with E-state index in [1.165, 1.54) is 11.3 Å². The second-order valence-electron chi connectivity index (χ2n) is 5.99. The van der Waals surface area contributed by atoms with Crippen LogP contribution in [0.5, 0.6) is 0 Å². The molecule has 0 unspecified atom stereocenters. The Morgan fingerprint density at radius 1 is 1.11 bits per heavy atom. The number of imidazole rings is 1. The van der Waals surface area contributed by atoms with Gasteiger partial charge in [0.05, 0.1) is 11.1 Å². The third-order valence-corrected chi connectivity index (χ3v) is 4.97. The van der Waals surface area contributed by atoms with Crippen molar-refractivity contribution in [2.45, 2.75) is 6.42 Å². The molecule has 0 aliphatic heterocycles. The second kappa shape index (κ2) is 8.05. The lowest BCUT2D eigenvalue weighted by molar-refractivity contribution is 0.0943. The Bertz CT molecular complexity index is 1100. The van der Waals surface area contributed by atoms with Crippen LogP contribution >= 0.6 is 11.3 Å². The molecule has 0 spiro atoms. The van der Waals surface area contributed by atoms with Gasteiger partial charge in [0.1, 0.15) is 11.3 Å². The van der Waals surface area contributed by atoms with E-state index < -0.39 is 0 Å². The fourth-order valence-electron chi connectivity index (χ4n) is 2.69. The van der Waals surface area contributed by atoms with E-state index in [1.807, 2.05) is 35.7 Å². The Kier molecular flexibility index (Phi) is 5.16. The van der Waals surface area contributed by atoms with Crippen LogP contribution in [0.25, 0.3) is 16.3 Å². The van der Waals surface area contributed by atoms with Crippen molar-refractivity contribution in [1.82, 2.24) is 25.2 Å². The summed E-state index contributed by atoms with van der Waals surface area (Å²) in [6.07, 6.45) is 3.92. The van der Waals surface area contributed by atoms with E-state index in [2.05, 4.69) is 20.8 Å². The van der Waals surface area contributed by atoms with Gasteiger partial charge in [-0.05, 0) is 30.0 Å². The number of carbonyl (C=O) groups is 2. The molecule has 0 aliphatic carbocycles. The highest BCUT2D eigenvalue weighted by Gasteiger charge is 2.14. The van der Waals surface area contributed by atoms with Crippen LogP contribution in [-0.4, -0.2) is 39.4 Å². The standard InChI is InChI=1S/C19H17N5O3S/c25-18(13-11-15(27-23-13)16-5-3-10-28-16)20-7-4-8-21-19(26)14-12-22-17-6-1-2-9-24(14)17/h1-3,5-6,9-12H,4,7-8H2,(H,20,25)(H,21,26). The van der Waals surface area contributed by atoms with Crippen LogP contribution in [0.1, 0.15) is 27.4 Å². The molecule has 0 radical (unpaired) electrons. The van der Waals surface area contributed by atoms with Crippen molar-refractivity contribution in [3.8, 4) is 10.6 Å². The molecule has 2 N–H and O–H groups in total. The van der Waals surface area contributed by atoms with Gasteiger partial charge < -0.3 is 15.2 Å². The highest BCUT2D eigenvalue weighted by atomic mass is 32.1. The minimum Gasteiger partial charge on any atom is -0.355 e. The summed E-state index contributed by atoms with van der Waals surface area (Å²) in [5, 5.41) is 11.3. The zero-order chi connectivity index (χ0) is 19.3. The van der Waals surface area contributed by atoms with Gasteiger partial charge in [0.2, 0.25) is 0 Å². The van der Waals surface area contributed by atoms with Crippen molar-refractivity contribution < 1.29 is 14.1 Å². The third-order valence-electron chi connectivity index (χ3n) is 4.08. The second-order valence-corrected chi connectivity index (χ2v) is 6.94. The monoisotopic (exact) mass is 395 g/mol. The van der Waals surface area contributed by atoms with Gasteiger partial charge in [-0.25, -0.2) is 4.98 Å². The van der Waals surface area contributed by atoms with Crippen LogP contribution in [0, 0.1) is 0 Å². The molecule has 4 rings (SSSR count). The summed E-state index contributed by atoms with van der Waals surface area (Å²) >= 11 is 1.52. The Labute approximate surface area is 164 Å². The average Bonchev–Trinajstić information content (AvgIpc) is 3.47. The van der Waals surface area contributed by atoms with Gasteiger partial charge >= 0.3 is 0 Å². The molecule has 0 aromatic carbocycles. The van der Waals surface area contributed by atoms with Crippen LogP contribution in [0.2, 0.25) is 0 Å². The number of nitrogens with one attached hydrogen (secondary N) is 2. The number of nitrogens with zero attached hydrogens (tertiary/aromatic N) is 3. The molecule has 4 aromatic rings. The van der Waals surface area contributed by atoms with Crippen molar-refractivity contribution in [1.29, 1.82) is 0 Å². The van der Waals surface area contributed by atoms with Gasteiger partial charge in [0, 0.05) is 25.4 Å². The van der Waals surface area contributed by atoms with Crippen LogP contribution < -0.4 is 10.6 Å². The molecule has 0 saturated heterocycles. The molecule has 142 valence electrons. The molecular weight excluding hydrogens is 378 g/mol. The summed E-state index contributed by atoms with van der Waals surface area (Å²) in [5.74, 6) is 0.0576. The molecule has 2 amide bonds. The number of hydrogen-bond acceptors (Lipinski definition) is 6. The number of carbonyl (C=O) groups excluding carboxylic acids is 2. The fourth-order valence-corrected chi connectivity index (χ4v) is 3.36. The van der Waals surface area contributed by atoms with Gasteiger partial charge in [-0.1, -0.05) is 17.3 Å². The minimum atomic E-state index is -0.306. The lowest BCUT2D eigenvalue weighted by atomic mass is 10.3. The predicted molar refractivity (Wildman–Crippen MR) is 104 cm³/mol. The van der Waals surface area contributed by atoms with Crippen LogP contribution in [0.4, 0.5) is 0 Å². The van der Waals surface area contributed by atoms with Crippen LogP contribution in [0.3, 0.4) is 0 Å². The van der Waals surface area contributed by atoms with Gasteiger partial charge in [-0.3, -0.25) is 14.0 Å². The van der Waals surface area contributed by atoms with E-state index in [9.17, 15) is 9.59 Å². The fraction of sp³-hybridized carbons (Fsp3) is 0.158. The molecule has 0 atom stereocenters. The molecule has 4 heterocycles. The summed E-state index contributed by atoms with van der Waals surface area (Å²) in [7, 11) is 0. The maximum absolute atomic E-state index is 12.3. The summed E-state index contributed by atoms with van der Waals surface area (Å²) in [4.78, 5) is 29.5. The van der Waals surface area contributed by atoms with E-state index in [0.717, 1.165) is 10.5 Å². The van der Waals surface area contributed by atoms with E-state index in [4.69, 9.17) is 4.52 Å². The Morgan fingerprint density at radius 2 is 1.96 bits per heavy atom. The summed E-state index contributed by atoms with van der Waals surface area (Å²) in [5.41, 5.74) is 1.43. The summed E-state index contributed by atoms with van der Waals surface area (Å²) in [6.45, 7) is 0.839. The van der Waals surface area contributed by atoms with Crippen LogP contribution in [-0.2, 0) is 0 Å². The molecule has 0 aliphatic rings. The number of rotatable bonds is 7. The average molecular weight is 395 g/mol. The molecule has 8 nitrogen and oxygen atoms in total. The zero-order valence-corrected chi connectivity index (χ0v) is 15.6. The number of aromatic nitrogens is 3. The number of thiophene rings is 1. The quantitative estimate of drug-likeness (QED) is 0.469. The first-order valence-electron chi connectivity index (χ1n) is 8.71. The lowest BCUT2D eigenvalue weighted by Crippen LogP contribution is -2.30. The van der Waals surface area contributed by atoms with Gasteiger partial charge in [-0.2, -0.15) is 0 Å². The Morgan fingerprint density at radius 3 is 2.79 bits per heavy atom. The number of pyridine rings is 1. The number of amides is 2. The smallest absolute Gasteiger partial charge is 0.273 e. The van der Waals surface area contributed by atoms with E-state index >= 15 is 0 Å². The molecule has 0 fully saturated rings. The van der Waals surface area contributed by atoms with Gasteiger partial charge in [-0.15, -0.1) is 11.3 Å². The first kappa shape index (κ1) is 17.9. The SMILES string of the molecule is O=C(NCCCNC(=O)c1cnc2ccccn12)c1cc(-c2cccs2)on1. The van der Waals surface area contributed by atoms with Crippen molar-refractivity contribution in [2.24, 2.45) is 0 Å². The highest BCUT2D eigenvalue weighted by molar-refractivity contribution is 7.13. The first-order chi connectivity index (χ1) is 13.7. The predicted octanol–water partition coefficient (Wildman–Crippen LogP) is 2.60. The molecule has 4 aromatic heterocycles. The molecule has 0 bridgehead atoms. The maximum Gasteiger partial charge on any atom is 0.273 e. The summed E-state index contributed by atoms with van der Waals surface area (Å²) < 4.78 is 6.93. The largest absolute Gasteiger partial charge is 0.355 e. The first-order valence-corrected chi connectivity index (χ1v) is 9.59. The van der Waals surface area contributed by atoms with Crippen molar-refractivity contribution in [2.75, 3.05) is 13.1 Å². The number of fused-ring (bicyclic) bond motifs is 1. The summed E-state index contributed by atoms with van der Waals surface area (Å²) in [6, 6.07) is 11.0. The maximum atomic E-state index is 12.3. The van der Waals surface area contributed by atoms with E-state index in [1.54, 1.807) is 22.9 Å². The van der Waals surface area contributed by atoms with E-state index in [-0.39, 0.29) is 17.5 Å². The topological polar surface area (TPSA) is 102 Å². The molecule has 0 saturated carbocycles.